The van der Waals surface area contributed by atoms with E-state index in [-0.39, 0.29) is 16.9 Å². The summed E-state index contributed by atoms with van der Waals surface area (Å²) < 4.78 is 13.6. The van der Waals surface area contributed by atoms with Gasteiger partial charge in [-0.2, -0.15) is 0 Å². The van der Waals surface area contributed by atoms with Crippen LogP contribution in [-0.4, -0.2) is 6.54 Å². The standard InChI is InChI=1S/C16H19ClFNS/c1-3-12-7-8-20-16(12)15(19-4-2)10-11-5-6-13(17)14(18)9-11/h5-9,15,19H,3-4,10H2,1-2H3. The molecule has 0 radical (unpaired) electrons. The number of halogens is 2. The van der Waals surface area contributed by atoms with E-state index in [1.165, 1.54) is 16.5 Å². The van der Waals surface area contributed by atoms with Crippen molar-refractivity contribution in [2.45, 2.75) is 32.7 Å². The van der Waals surface area contributed by atoms with E-state index in [0.29, 0.717) is 0 Å². The first-order chi connectivity index (χ1) is 9.65. The Bertz CT molecular complexity index is 567. The molecule has 20 heavy (non-hydrogen) atoms. The number of aryl methyl sites for hydroxylation is 1. The Kier molecular flexibility index (Phi) is 5.58. The largest absolute Gasteiger partial charge is 0.309 e. The monoisotopic (exact) mass is 311 g/mol. The number of rotatable bonds is 6. The first-order valence-corrected chi connectivity index (χ1v) is 8.15. The Morgan fingerprint density at radius 3 is 2.75 bits per heavy atom. The number of thiophene rings is 1. The molecule has 1 N–H and O–H groups in total. The van der Waals surface area contributed by atoms with Gasteiger partial charge in [-0.1, -0.05) is 31.5 Å². The van der Waals surface area contributed by atoms with Crippen LogP contribution in [-0.2, 0) is 12.8 Å². The third kappa shape index (κ3) is 3.60. The molecular weight excluding hydrogens is 293 g/mol. The summed E-state index contributed by atoms with van der Waals surface area (Å²) in [7, 11) is 0. The second kappa shape index (κ2) is 7.21. The Balaban J connectivity index is 2.23. The van der Waals surface area contributed by atoms with Crippen LogP contribution in [0.4, 0.5) is 4.39 Å². The quantitative estimate of drug-likeness (QED) is 0.792. The number of hydrogen-bond donors (Lipinski definition) is 1. The van der Waals surface area contributed by atoms with Gasteiger partial charge in [0.25, 0.3) is 0 Å². The topological polar surface area (TPSA) is 12.0 Å². The molecular formula is C16H19ClFNS. The van der Waals surface area contributed by atoms with E-state index in [1.54, 1.807) is 17.4 Å². The summed E-state index contributed by atoms with van der Waals surface area (Å²) in [5, 5.41) is 5.80. The fourth-order valence-corrected chi connectivity index (χ4v) is 3.54. The lowest BCUT2D eigenvalue weighted by Gasteiger charge is -2.18. The van der Waals surface area contributed by atoms with Crippen LogP contribution in [0.1, 0.15) is 35.9 Å². The fraction of sp³-hybridized carbons (Fsp3) is 0.375. The van der Waals surface area contributed by atoms with Crippen molar-refractivity contribution in [2.75, 3.05) is 6.54 Å². The van der Waals surface area contributed by atoms with Crippen molar-refractivity contribution in [1.82, 2.24) is 5.32 Å². The molecule has 0 bridgehead atoms. The Morgan fingerprint density at radius 1 is 1.30 bits per heavy atom. The highest BCUT2D eigenvalue weighted by atomic mass is 35.5. The molecule has 2 aromatic rings. The second-order valence-corrected chi connectivity index (χ2v) is 6.08. The van der Waals surface area contributed by atoms with Crippen LogP contribution in [0.3, 0.4) is 0 Å². The van der Waals surface area contributed by atoms with Gasteiger partial charge in [-0.05, 0) is 54.1 Å². The summed E-state index contributed by atoms with van der Waals surface area (Å²) in [6.45, 7) is 5.15. The predicted octanol–water partition coefficient (Wildman–Crippen LogP) is 5.00. The van der Waals surface area contributed by atoms with Crippen LogP contribution in [0.25, 0.3) is 0 Å². The van der Waals surface area contributed by atoms with Crippen molar-refractivity contribution in [1.29, 1.82) is 0 Å². The van der Waals surface area contributed by atoms with E-state index in [1.807, 2.05) is 6.07 Å². The van der Waals surface area contributed by atoms with E-state index in [9.17, 15) is 4.39 Å². The van der Waals surface area contributed by atoms with E-state index < -0.39 is 0 Å². The zero-order valence-electron chi connectivity index (χ0n) is 11.7. The Morgan fingerprint density at radius 2 is 2.10 bits per heavy atom. The van der Waals surface area contributed by atoms with Gasteiger partial charge in [0.2, 0.25) is 0 Å². The molecule has 0 saturated heterocycles. The summed E-state index contributed by atoms with van der Waals surface area (Å²) in [4.78, 5) is 1.35. The molecule has 108 valence electrons. The highest BCUT2D eigenvalue weighted by Crippen LogP contribution is 2.28. The third-order valence-electron chi connectivity index (χ3n) is 3.35. The van der Waals surface area contributed by atoms with Crippen molar-refractivity contribution < 1.29 is 4.39 Å². The van der Waals surface area contributed by atoms with Crippen molar-refractivity contribution in [3.63, 3.8) is 0 Å². The van der Waals surface area contributed by atoms with Gasteiger partial charge in [-0.25, -0.2) is 4.39 Å². The molecule has 2 rings (SSSR count). The lowest BCUT2D eigenvalue weighted by Crippen LogP contribution is -2.23. The minimum Gasteiger partial charge on any atom is -0.309 e. The molecule has 1 heterocycles. The van der Waals surface area contributed by atoms with Crippen molar-refractivity contribution in [3.05, 3.63) is 56.5 Å². The third-order valence-corrected chi connectivity index (χ3v) is 4.73. The van der Waals surface area contributed by atoms with Crippen LogP contribution in [0, 0.1) is 5.82 Å². The number of likely N-dealkylation sites (N-methyl/N-ethyl adjacent to an activating group) is 1. The molecule has 1 atom stereocenters. The summed E-state index contributed by atoms with van der Waals surface area (Å²) in [5.41, 5.74) is 2.34. The van der Waals surface area contributed by atoms with Gasteiger partial charge in [0.15, 0.2) is 0 Å². The first kappa shape index (κ1) is 15.5. The summed E-state index contributed by atoms with van der Waals surface area (Å²) in [6.07, 6.45) is 1.80. The molecule has 1 nitrogen and oxygen atoms in total. The second-order valence-electron chi connectivity index (χ2n) is 4.73. The molecule has 1 aromatic carbocycles. The van der Waals surface area contributed by atoms with Gasteiger partial charge in [-0.3, -0.25) is 0 Å². The van der Waals surface area contributed by atoms with Crippen LogP contribution in [0.2, 0.25) is 5.02 Å². The maximum atomic E-state index is 13.6. The van der Waals surface area contributed by atoms with Gasteiger partial charge < -0.3 is 5.32 Å². The molecule has 0 aliphatic carbocycles. The van der Waals surface area contributed by atoms with Gasteiger partial charge in [0, 0.05) is 10.9 Å². The average molecular weight is 312 g/mol. The summed E-state index contributed by atoms with van der Waals surface area (Å²) >= 11 is 7.50. The van der Waals surface area contributed by atoms with E-state index >= 15 is 0 Å². The highest BCUT2D eigenvalue weighted by molar-refractivity contribution is 7.10. The summed E-state index contributed by atoms with van der Waals surface area (Å²) in [6, 6.07) is 7.47. The maximum Gasteiger partial charge on any atom is 0.142 e. The average Bonchev–Trinajstić information content (AvgIpc) is 2.90. The van der Waals surface area contributed by atoms with Crippen LogP contribution in [0.15, 0.2) is 29.6 Å². The van der Waals surface area contributed by atoms with Gasteiger partial charge >= 0.3 is 0 Å². The molecule has 0 amide bonds. The van der Waals surface area contributed by atoms with E-state index in [4.69, 9.17) is 11.6 Å². The Hall–Kier alpha value is -0.900. The van der Waals surface area contributed by atoms with Gasteiger partial charge in [0.05, 0.1) is 5.02 Å². The first-order valence-electron chi connectivity index (χ1n) is 6.89. The van der Waals surface area contributed by atoms with E-state index in [0.717, 1.165) is 24.9 Å². The SMILES string of the molecule is CCNC(Cc1ccc(Cl)c(F)c1)c1sccc1CC. The fourth-order valence-electron chi connectivity index (χ4n) is 2.35. The van der Waals surface area contributed by atoms with Crippen molar-refractivity contribution in [2.24, 2.45) is 0 Å². The summed E-state index contributed by atoms with van der Waals surface area (Å²) in [5.74, 6) is -0.346. The lowest BCUT2D eigenvalue weighted by molar-refractivity contribution is 0.551. The van der Waals surface area contributed by atoms with Crippen LogP contribution in [0.5, 0.6) is 0 Å². The minimum atomic E-state index is -0.346. The number of hydrogen-bond acceptors (Lipinski definition) is 2. The number of benzene rings is 1. The number of nitrogens with one attached hydrogen (secondary N) is 1. The smallest absolute Gasteiger partial charge is 0.142 e. The molecule has 1 unspecified atom stereocenters. The van der Waals surface area contributed by atoms with Gasteiger partial charge in [-0.15, -0.1) is 11.3 Å². The molecule has 1 aromatic heterocycles. The normalized spacial score (nSPS) is 12.6. The van der Waals surface area contributed by atoms with Crippen LogP contribution < -0.4 is 5.32 Å². The predicted molar refractivity (Wildman–Crippen MR) is 85.2 cm³/mol. The molecule has 0 fully saturated rings. The zero-order valence-corrected chi connectivity index (χ0v) is 13.3. The maximum absolute atomic E-state index is 13.6. The van der Waals surface area contributed by atoms with E-state index in [2.05, 4.69) is 30.6 Å². The lowest BCUT2D eigenvalue weighted by atomic mass is 10.0. The van der Waals surface area contributed by atoms with Crippen LogP contribution >= 0.6 is 22.9 Å². The molecule has 0 spiro atoms. The van der Waals surface area contributed by atoms with Crippen molar-refractivity contribution >= 4 is 22.9 Å². The van der Waals surface area contributed by atoms with Gasteiger partial charge in [0.1, 0.15) is 5.82 Å². The molecule has 4 heteroatoms. The molecule has 0 saturated carbocycles. The molecule has 0 aliphatic heterocycles. The van der Waals surface area contributed by atoms with Crippen molar-refractivity contribution in [3.8, 4) is 0 Å². The molecule has 0 aliphatic rings. The Labute approximate surface area is 128 Å². The highest BCUT2D eigenvalue weighted by Gasteiger charge is 2.16. The minimum absolute atomic E-state index is 0.180. The zero-order chi connectivity index (χ0) is 14.5.